The Balaban J connectivity index is 2.27. The van der Waals surface area contributed by atoms with Gasteiger partial charge in [0.15, 0.2) is 0 Å². The fourth-order valence-electron chi connectivity index (χ4n) is 2.44. The van der Waals surface area contributed by atoms with E-state index in [0.29, 0.717) is 4.99 Å². The van der Waals surface area contributed by atoms with E-state index < -0.39 is 0 Å². The van der Waals surface area contributed by atoms with Gasteiger partial charge in [0.25, 0.3) is 5.91 Å². The average Bonchev–Trinajstić information content (AvgIpc) is 2.38. The predicted molar refractivity (Wildman–Crippen MR) is 76.6 cm³/mol. The number of likely N-dealkylation sites (tertiary alicyclic amines) is 1. The first-order chi connectivity index (χ1) is 8.61. The summed E-state index contributed by atoms with van der Waals surface area (Å²) < 4.78 is 0. The standard InChI is InChI=1S/C14H18N2OS/c1-10-6-2-3-7-11(10)14(17)16-9-5-4-8-12(16)13(15)18/h2-3,6-7,12H,4-5,8-9H2,1H3,(H2,15,18). The summed E-state index contributed by atoms with van der Waals surface area (Å²) in [6.45, 7) is 2.70. The summed E-state index contributed by atoms with van der Waals surface area (Å²) in [5.74, 6) is 0.0469. The van der Waals surface area contributed by atoms with Crippen molar-refractivity contribution in [3.8, 4) is 0 Å². The summed E-state index contributed by atoms with van der Waals surface area (Å²) in [6, 6.07) is 7.56. The molecule has 1 aliphatic heterocycles. The van der Waals surface area contributed by atoms with Crippen molar-refractivity contribution in [2.24, 2.45) is 5.73 Å². The van der Waals surface area contributed by atoms with Crippen molar-refractivity contribution in [1.29, 1.82) is 0 Å². The van der Waals surface area contributed by atoms with Gasteiger partial charge in [-0.05, 0) is 37.8 Å². The van der Waals surface area contributed by atoms with E-state index in [9.17, 15) is 4.79 Å². The van der Waals surface area contributed by atoms with Crippen LogP contribution in [-0.4, -0.2) is 28.4 Å². The second-order valence-corrected chi connectivity index (χ2v) is 5.20. The minimum atomic E-state index is -0.0825. The van der Waals surface area contributed by atoms with Gasteiger partial charge in [0.2, 0.25) is 0 Å². The third kappa shape index (κ3) is 2.53. The number of amides is 1. The molecule has 0 saturated carbocycles. The second kappa shape index (κ2) is 5.48. The summed E-state index contributed by atoms with van der Waals surface area (Å²) in [7, 11) is 0. The van der Waals surface area contributed by atoms with Gasteiger partial charge < -0.3 is 10.6 Å². The van der Waals surface area contributed by atoms with Gasteiger partial charge in [0.1, 0.15) is 0 Å². The quantitative estimate of drug-likeness (QED) is 0.832. The molecule has 1 aromatic carbocycles. The Morgan fingerprint density at radius 1 is 1.39 bits per heavy atom. The third-order valence-corrected chi connectivity index (χ3v) is 3.74. The number of benzene rings is 1. The second-order valence-electron chi connectivity index (χ2n) is 4.73. The Morgan fingerprint density at radius 3 is 2.78 bits per heavy atom. The van der Waals surface area contributed by atoms with E-state index in [1.54, 1.807) is 0 Å². The van der Waals surface area contributed by atoms with Gasteiger partial charge in [-0.3, -0.25) is 4.79 Å². The lowest BCUT2D eigenvalue weighted by atomic mass is 9.99. The molecule has 1 atom stereocenters. The summed E-state index contributed by atoms with van der Waals surface area (Å²) >= 11 is 5.08. The monoisotopic (exact) mass is 262 g/mol. The van der Waals surface area contributed by atoms with Crippen molar-refractivity contribution in [1.82, 2.24) is 4.90 Å². The zero-order valence-electron chi connectivity index (χ0n) is 10.6. The molecular formula is C14H18N2OS. The molecule has 1 fully saturated rings. The van der Waals surface area contributed by atoms with Gasteiger partial charge in [0.05, 0.1) is 11.0 Å². The zero-order valence-corrected chi connectivity index (χ0v) is 11.4. The minimum absolute atomic E-state index is 0.0469. The number of aryl methyl sites for hydroxylation is 1. The van der Waals surface area contributed by atoms with E-state index in [0.717, 1.165) is 36.9 Å². The molecule has 0 aliphatic carbocycles. The minimum Gasteiger partial charge on any atom is -0.392 e. The van der Waals surface area contributed by atoms with Crippen LogP contribution in [0.4, 0.5) is 0 Å². The van der Waals surface area contributed by atoms with Crippen molar-refractivity contribution in [2.45, 2.75) is 32.2 Å². The van der Waals surface area contributed by atoms with Gasteiger partial charge in [-0.1, -0.05) is 30.4 Å². The van der Waals surface area contributed by atoms with Crippen LogP contribution in [0.3, 0.4) is 0 Å². The van der Waals surface area contributed by atoms with E-state index in [-0.39, 0.29) is 11.9 Å². The Morgan fingerprint density at radius 2 is 2.11 bits per heavy atom. The molecule has 4 heteroatoms. The maximum absolute atomic E-state index is 12.5. The largest absolute Gasteiger partial charge is 0.392 e. The van der Waals surface area contributed by atoms with E-state index >= 15 is 0 Å². The summed E-state index contributed by atoms with van der Waals surface area (Å²) in [5, 5.41) is 0. The van der Waals surface area contributed by atoms with Crippen molar-refractivity contribution in [2.75, 3.05) is 6.54 Å². The molecule has 0 spiro atoms. The van der Waals surface area contributed by atoms with Crippen LogP contribution in [0.2, 0.25) is 0 Å². The number of thiocarbonyl (C=S) groups is 1. The van der Waals surface area contributed by atoms with Crippen molar-refractivity contribution in [3.63, 3.8) is 0 Å². The van der Waals surface area contributed by atoms with Crippen LogP contribution < -0.4 is 5.73 Å². The molecule has 1 aromatic rings. The Labute approximate surface area is 113 Å². The first kappa shape index (κ1) is 13.0. The number of hydrogen-bond acceptors (Lipinski definition) is 2. The molecule has 2 N–H and O–H groups in total. The summed E-state index contributed by atoms with van der Waals surface area (Å²) in [6.07, 6.45) is 2.99. The first-order valence-corrected chi connectivity index (χ1v) is 6.68. The highest BCUT2D eigenvalue weighted by Gasteiger charge is 2.29. The first-order valence-electron chi connectivity index (χ1n) is 6.27. The number of piperidine rings is 1. The fraction of sp³-hybridized carbons (Fsp3) is 0.429. The summed E-state index contributed by atoms with van der Waals surface area (Å²) in [4.78, 5) is 14.8. The molecule has 96 valence electrons. The van der Waals surface area contributed by atoms with Gasteiger partial charge in [-0.15, -0.1) is 0 Å². The van der Waals surface area contributed by atoms with E-state index in [1.807, 2.05) is 36.1 Å². The number of carbonyl (C=O) groups excluding carboxylic acids is 1. The Bertz CT molecular complexity index is 473. The van der Waals surface area contributed by atoms with Crippen molar-refractivity contribution < 1.29 is 4.79 Å². The number of rotatable bonds is 2. The highest BCUT2D eigenvalue weighted by atomic mass is 32.1. The average molecular weight is 262 g/mol. The van der Waals surface area contributed by atoms with Crippen LogP contribution in [0.15, 0.2) is 24.3 Å². The van der Waals surface area contributed by atoms with Crippen molar-refractivity contribution in [3.05, 3.63) is 35.4 Å². The van der Waals surface area contributed by atoms with Crippen LogP contribution in [0.25, 0.3) is 0 Å². The third-order valence-electron chi connectivity index (χ3n) is 3.47. The molecule has 1 saturated heterocycles. The molecule has 0 radical (unpaired) electrons. The molecule has 3 nitrogen and oxygen atoms in total. The predicted octanol–water partition coefficient (Wildman–Crippen LogP) is 2.28. The smallest absolute Gasteiger partial charge is 0.254 e. The maximum Gasteiger partial charge on any atom is 0.254 e. The van der Waals surface area contributed by atoms with E-state index in [2.05, 4.69) is 0 Å². The molecule has 1 amide bonds. The molecule has 0 bridgehead atoms. The molecule has 1 heterocycles. The molecule has 1 unspecified atom stereocenters. The molecule has 1 aliphatic rings. The fourth-order valence-corrected chi connectivity index (χ4v) is 2.68. The highest BCUT2D eigenvalue weighted by Crippen LogP contribution is 2.21. The van der Waals surface area contributed by atoms with Crippen LogP contribution in [0.5, 0.6) is 0 Å². The lowest BCUT2D eigenvalue weighted by molar-refractivity contribution is 0.0681. The molecular weight excluding hydrogens is 244 g/mol. The maximum atomic E-state index is 12.5. The van der Waals surface area contributed by atoms with Crippen molar-refractivity contribution >= 4 is 23.1 Å². The van der Waals surface area contributed by atoms with E-state index in [4.69, 9.17) is 18.0 Å². The molecule has 2 rings (SSSR count). The Kier molecular flexibility index (Phi) is 3.97. The van der Waals surface area contributed by atoms with Gasteiger partial charge in [0, 0.05) is 12.1 Å². The Hall–Kier alpha value is -1.42. The summed E-state index contributed by atoms with van der Waals surface area (Å²) in [5.41, 5.74) is 7.49. The van der Waals surface area contributed by atoms with Gasteiger partial charge >= 0.3 is 0 Å². The van der Waals surface area contributed by atoms with Crippen LogP contribution in [-0.2, 0) is 0 Å². The lowest BCUT2D eigenvalue weighted by Crippen LogP contribution is -2.49. The van der Waals surface area contributed by atoms with Gasteiger partial charge in [-0.25, -0.2) is 0 Å². The number of hydrogen-bond donors (Lipinski definition) is 1. The number of nitrogens with zero attached hydrogens (tertiary/aromatic N) is 1. The van der Waals surface area contributed by atoms with Crippen LogP contribution in [0, 0.1) is 6.92 Å². The SMILES string of the molecule is Cc1ccccc1C(=O)N1CCCCC1C(N)=S. The zero-order chi connectivity index (χ0) is 13.1. The highest BCUT2D eigenvalue weighted by molar-refractivity contribution is 7.80. The normalized spacial score (nSPS) is 19.6. The number of nitrogens with two attached hydrogens (primary N) is 1. The van der Waals surface area contributed by atoms with Crippen LogP contribution >= 0.6 is 12.2 Å². The molecule has 18 heavy (non-hydrogen) atoms. The topological polar surface area (TPSA) is 46.3 Å². The van der Waals surface area contributed by atoms with E-state index in [1.165, 1.54) is 0 Å². The number of carbonyl (C=O) groups is 1. The van der Waals surface area contributed by atoms with Crippen LogP contribution in [0.1, 0.15) is 35.2 Å². The lowest BCUT2D eigenvalue weighted by Gasteiger charge is -2.35. The molecule has 0 aromatic heterocycles. The van der Waals surface area contributed by atoms with Gasteiger partial charge in [-0.2, -0.15) is 0 Å².